The molecule has 7 heteroatoms. The van der Waals surface area contributed by atoms with Crippen molar-refractivity contribution in [3.8, 4) is 0 Å². The quantitative estimate of drug-likeness (QED) is 0.665. The number of aliphatic carboxylic acids is 1. The average Bonchev–Trinajstić information content (AvgIpc) is 2.53. The summed E-state index contributed by atoms with van der Waals surface area (Å²) in [6.07, 6.45) is -0.423. The molecule has 0 radical (unpaired) electrons. The summed E-state index contributed by atoms with van der Waals surface area (Å²) < 4.78 is 1.55. The Morgan fingerprint density at radius 2 is 2.11 bits per heavy atom. The molecule has 7 nitrogen and oxygen atoms in total. The number of hydrogen-bond donors (Lipinski definition) is 3. The molecule has 0 aliphatic heterocycles. The number of aromatic nitrogens is 2. The van der Waals surface area contributed by atoms with Gasteiger partial charge in [-0.2, -0.15) is 5.10 Å². The van der Waals surface area contributed by atoms with Crippen molar-refractivity contribution >= 4 is 11.9 Å². The van der Waals surface area contributed by atoms with E-state index in [-0.39, 0.29) is 19.0 Å². The molecule has 1 atom stereocenters. The minimum absolute atomic E-state index is 0.0445. The summed E-state index contributed by atoms with van der Waals surface area (Å²) >= 11 is 0. The van der Waals surface area contributed by atoms with Crippen LogP contribution in [0.4, 0.5) is 0 Å². The maximum atomic E-state index is 11.7. The average molecular weight is 269 g/mol. The second-order valence-corrected chi connectivity index (χ2v) is 4.93. The first kappa shape index (κ1) is 15.2. The van der Waals surface area contributed by atoms with E-state index in [1.54, 1.807) is 4.68 Å². The lowest BCUT2D eigenvalue weighted by Crippen LogP contribution is -2.43. The van der Waals surface area contributed by atoms with Crippen LogP contribution >= 0.6 is 0 Å². The molecule has 19 heavy (non-hydrogen) atoms. The standard InChI is InChI=1S/C12H19N3O4/c1-8-4-9(2)15(14-8)6-10(16)13-7-12(3,19)5-11(17)18/h4,19H,5-7H2,1-3H3,(H,13,16)(H,17,18). The highest BCUT2D eigenvalue weighted by molar-refractivity contribution is 5.76. The van der Waals surface area contributed by atoms with Crippen LogP contribution in [-0.4, -0.2) is 44.0 Å². The van der Waals surface area contributed by atoms with Gasteiger partial charge in [0.05, 0.1) is 17.7 Å². The third kappa shape index (κ3) is 5.09. The van der Waals surface area contributed by atoms with Crippen molar-refractivity contribution in [1.29, 1.82) is 0 Å². The smallest absolute Gasteiger partial charge is 0.306 e. The summed E-state index contributed by atoms with van der Waals surface area (Å²) in [5.74, 6) is -1.44. The van der Waals surface area contributed by atoms with Crippen LogP contribution in [0.3, 0.4) is 0 Å². The molecular formula is C12H19N3O4. The first-order valence-corrected chi connectivity index (χ1v) is 5.91. The molecule has 0 aliphatic rings. The molecule has 106 valence electrons. The highest BCUT2D eigenvalue weighted by Crippen LogP contribution is 2.07. The van der Waals surface area contributed by atoms with Gasteiger partial charge in [-0.25, -0.2) is 0 Å². The molecule has 1 aromatic heterocycles. The topological polar surface area (TPSA) is 104 Å². The molecule has 0 saturated heterocycles. The second kappa shape index (κ2) is 5.83. The maximum Gasteiger partial charge on any atom is 0.306 e. The highest BCUT2D eigenvalue weighted by atomic mass is 16.4. The van der Waals surface area contributed by atoms with E-state index in [2.05, 4.69) is 10.4 Å². The van der Waals surface area contributed by atoms with Crippen LogP contribution in [0.2, 0.25) is 0 Å². The molecular weight excluding hydrogens is 250 g/mol. The zero-order chi connectivity index (χ0) is 14.6. The zero-order valence-electron chi connectivity index (χ0n) is 11.3. The molecule has 0 bridgehead atoms. The fourth-order valence-electron chi connectivity index (χ4n) is 1.70. The third-order valence-corrected chi connectivity index (χ3v) is 2.60. The minimum Gasteiger partial charge on any atom is -0.481 e. The Bertz CT molecular complexity index is 479. The summed E-state index contributed by atoms with van der Waals surface area (Å²) in [7, 11) is 0. The molecule has 0 fully saturated rings. The molecule has 1 amide bonds. The summed E-state index contributed by atoms with van der Waals surface area (Å²) in [6, 6.07) is 1.86. The van der Waals surface area contributed by atoms with Gasteiger partial charge in [0.2, 0.25) is 5.91 Å². The lowest BCUT2D eigenvalue weighted by molar-refractivity contribution is -0.142. The Kier molecular flexibility index (Phi) is 4.66. The Balaban J connectivity index is 2.48. The molecule has 0 saturated carbocycles. The largest absolute Gasteiger partial charge is 0.481 e. The molecule has 1 unspecified atom stereocenters. The van der Waals surface area contributed by atoms with Gasteiger partial charge in [-0.1, -0.05) is 0 Å². The Morgan fingerprint density at radius 3 is 2.58 bits per heavy atom. The van der Waals surface area contributed by atoms with Crippen LogP contribution in [0.25, 0.3) is 0 Å². The Morgan fingerprint density at radius 1 is 1.47 bits per heavy atom. The van der Waals surface area contributed by atoms with E-state index >= 15 is 0 Å². The van der Waals surface area contributed by atoms with E-state index in [1.807, 2.05) is 19.9 Å². The fraction of sp³-hybridized carbons (Fsp3) is 0.583. The number of rotatable bonds is 6. The summed E-state index contributed by atoms with van der Waals surface area (Å²) in [5, 5.41) is 25.0. The number of aryl methyl sites for hydroxylation is 2. The monoisotopic (exact) mass is 269 g/mol. The van der Waals surface area contributed by atoms with Crippen LogP contribution < -0.4 is 5.32 Å². The molecule has 1 aromatic rings. The number of amides is 1. The van der Waals surface area contributed by atoms with Crippen molar-refractivity contribution in [2.45, 2.75) is 39.3 Å². The van der Waals surface area contributed by atoms with Gasteiger partial charge in [-0.15, -0.1) is 0 Å². The lowest BCUT2D eigenvalue weighted by Gasteiger charge is -2.21. The van der Waals surface area contributed by atoms with Gasteiger partial charge in [0.25, 0.3) is 0 Å². The number of carboxylic acid groups (broad SMARTS) is 1. The first-order chi connectivity index (χ1) is 8.69. The SMILES string of the molecule is Cc1cc(C)n(CC(=O)NCC(C)(O)CC(=O)O)n1. The molecule has 1 rings (SSSR count). The van der Waals surface area contributed by atoms with Crippen molar-refractivity contribution in [2.75, 3.05) is 6.54 Å². The molecule has 0 aromatic carbocycles. The molecule has 0 spiro atoms. The van der Waals surface area contributed by atoms with E-state index in [9.17, 15) is 14.7 Å². The van der Waals surface area contributed by atoms with Crippen molar-refractivity contribution in [3.05, 3.63) is 17.5 Å². The second-order valence-electron chi connectivity index (χ2n) is 4.93. The number of nitrogens with one attached hydrogen (secondary N) is 1. The normalized spacial score (nSPS) is 13.9. The summed E-state index contributed by atoms with van der Waals surface area (Å²) in [6.45, 7) is 4.97. The van der Waals surface area contributed by atoms with Gasteiger partial charge in [0.1, 0.15) is 6.54 Å². The number of aliphatic hydroxyl groups is 1. The summed E-state index contributed by atoms with van der Waals surface area (Å²) in [4.78, 5) is 22.2. The van der Waals surface area contributed by atoms with Crippen LogP contribution in [0.5, 0.6) is 0 Å². The van der Waals surface area contributed by atoms with E-state index in [1.165, 1.54) is 6.92 Å². The van der Waals surface area contributed by atoms with Crippen molar-refractivity contribution in [1.82, 2.24) is 15.1 Å². The lowest BCUT2D eigenvalue weighted by atomic mass is 10.0. The number of carbonyl (C=O) groups excluding carboxylic acids is 1. The number of carboxylic acids is 1. The predicted molar refractivity (Wildman–Crippen MR) is 67.6 cm³/mol. The van der Waals surface area contributed by atoms with Crippen molar-refractivity contribution < 1.29 is 19.8 Å². The van der Waals surface area contributed by atoms with Gasteiger partial charge >= 0.3 is 5.97 Å². The van der Waals surface area contributed by atoms with E-state index < -0.39 is 18.0 Å². The molecule has 3 N–H and O–H groups in total. The van der Waals surface area contributed by atoms with Crippen LogP contribution in [0, 0.1) is 13.8 Å². The Labute approximate surface area is 111 Å². The van der Waals surface area contributed by atoms with Crippen LogP contribution in [0.15, 0.2) is 6.07 Å². The molecule has 1 heterocycles. The summed E-state index contributed by atoms with van der Waals surface area (Å²) in [5.41, 5.74) is 0.226. The molecule has 0 aliphatic carbocycles. The van der Waals surface area contributed by atoms with Gasteiger partial charge in [-0.3, -0.25) is 14.3 Å². The maximum absolute atomic E-state index is 11.7. The number of hydrogen-bond acceptors (Lipinski definition) is 4. The van der Waals surface area contributed by atoms with Gasteiger partial charge in [0, 0.05) is 12.2 Å². The van der Waals surface area contributed by atoms with E-state index in [0.29, 0.717) is 0 Å². The van der Waals surface area contributed by atoms with Gasteiger partial charge in [-0.05, 0) is 26.8 Å². The van der Waals surface area contributed by atoms with Crippen LogP contribution in [-0.2, 0) is 16.1 Å². The van der Waals surface area contributed by atoms with E-state index in [0.717, 1.165) is 11.4 Å². The van der Waals surface area contributed by atoms with Crippen molar-refractivity contribution in [3.63, 3.8) is 0 Å². The fourth-order valence-corrected chi connectivity index (χ4v) is 1.70. The van der Waals surface area contributed by atoms with Crippen LogP contribution in [0.1, 0.15) is 24.7 Å². The minimum atomic E-state index is -1.46. The van der Waals surface area contributed by atoms with Gasteiger partial charge < -0.3 is 15.5 Å². The highest BCUT2D eigenvalue weighted by Gasteiger charge is 2.24. The van der Waals surface area contributed by atoms with Gasteiger partial charge in [0.15, 0.2) is 0 Å². The van der Waals surface area contributed by atoms with E-state index in [4.69, 9.17) is 5.11 Å². The zero-order valence-corrected chi connectivity index (χ0v) is 11.3. The Hall–Kier alpha value is -1.89. The third-order valence-electron chi connectivity index (χ3n) is 2.60. The predicted octanol–water partition coefficient (Wildman–Crippen LogP) is -0.158. The number of carbonyl (C=O) groups is 2. The van der Waals surface area contributed by atoms with Crippen molar-refractivity contribution in [2.24, 2.45) is 0 Å². The number of nitrogens with zero attached hydrogens (tertiary/aromatic N) is 2. The first-order valence-electron chi connectivity index (χ1n) is 5.91.